The summed E-state index contributed by atoms with van der Waals surface area (Å²) in [6.07, 6.45) is 5.09. The number of nitrogens with one attached hydrogen (secondary N) is 1. The number of carbonyl (C=O) groups is 1. The van der Waals surface area contributed by atoms with Crippen molar-refractivity contribution < 1.29 is 4.79 Å². The molecule has 0 spiro atoms. The average Bonchev–Trinajstić information content (AvgIpc) is 2.94. The van der Waals surface area contributed by atoms with Gasteiger partial charge >= 0.3 is 0 Å². The Bertz CT molecular complexity index is 701. The number of rotatable bonds is 2. The van der Waals surface area contributed by atoms with E-state index in [-0.39, 0.29) is 5.78 Å². The Morgan fingerprint density at radius 1 is 1.35 bits per heavy atom. The van der Waals surface area contributed by atoms with Gasteiger partial charge in [-0.1, -0.05) is 11.6 Å². The van der Waals surface area contributed by atoms with Crippen LogP contribution in [0.3, 0.4) is 0 Å². The van der Waals surface area contributed by atoms with Crippen molar-refractivity contribution in [3.63, 3.8) is 0 Å². The van der Waals surface area contributed by atoms with Crippen molar-refractivity contribution in [2.24, 2.45) is 0 Å². The molecule has 0 aromatic carbocycles. The number of fused-ring (bicyclic) bond motifs is 1. The van der Waals surface area contributed by atoms with Crippen molar-refractivity contribution in [2.75, 3.05) is 0 Å². The van der Waals surface area contributed by atoms with Gasteiger partial charge in [-0.2, -0.15) is 0 Å². The van der Waals surface area contributed by atoms with Gasteiger partial charge in [0.05, 0.1) is 14.8 Å². The van der Waals surface area contributed by atoms with Gasteiger partial charge < -0.3 is 4.98 Å². The Labute approximate surface area is 106 Å². The highest BCUT2D eigenvalue weighted by Crippen LogP contribution is 2.26. The molecule has 0 aliphatic rings. The zero-order valence-corrected chi connectivity index (χ0v) is 10.2. The van der Waals surface area contributed by atoms with Crippen LogP contribution in [-0.2, 0) is 0 Å². The van der Waals surface area contributed by atoms with Crippen LogP contribution in [-0.4, -0.2) is 15.8 Å². The summed E-state index contributed by atoms with van der Waals surface area (Å²) in [5, 5.41) is 0.835. The standard InChI is InChI=1S/C12H7ClN2OS/c13-11-2-1-10(17-11)12(16)8-6-15-9-3-4-14-5-7(8)9/h1-6,15H. The van der Waals surface area contributed by atoms with Crippen LogP contribution in [0.1, 0.15) is 15.2 Å². The smallest absolute Gasteiger partial charge is 0.205 e. The summed E-state index contributed by atoms with van der Waals surface area (Å²) in [6.45, 7) is 0. The number of H-pyrrole nitrogens is 1. The lowest BCUT2D eigenvalue weighted by atomic mass is 10.1. The molecule has 3 aromatic rings. The van der Waals surface area contributed by atoms with Gasteiger partial charge in [0.15, 0.2) is 0 Å². The average molecular weight is 263 g/mol. The Morgan fingerprint density at radius 2 is 2.24 bits per heavy atom. The quantitative estimate of drug-likeness (QED) is 0.719. The topological polar surface area (TPSA) is 45.8 Å². The third kappa shape index (κ3) is 1.75. The van der Waals surface area contributed by atoms with E-state index in [9.17, 15) is 4.79 Å². The minimum absolute atomic E-state index is 0.0267. The first kappa shape index (κ1) is 10.5. The largest absolute Gasteiger partial charge is 0.360 e. The van der Waals surface area contributed by atoms with Crippen LogP contribution in [0.4, 0.5) is 0 Å². The number of aromatic amines is 1. The number of hydrogen-bond donors (Lipinski definition) is 1. The van der Waals surface area contributed by atoms with Gasteiger partial charge in [-0.3, -0.25) is 9.78 Å². The number of ketones is 1. The predicted molar refractivity (Wildman–Crippen MR) is 68.9 cm³/mol. The molecule has 0 fully saturated rings. The summed E-state index contributed by atoms with van der Waals surface area (Å²) >= 11 is 7.11. The molecule has 0 amide bonds. The van der Waals surface area contributed by atoms with Crippen molar-refractivity contribution in [3.05, 3.63) is 51.6 Å². The molecule has 0 saturated heterocycles. The van der Waals surface area contributed by atoms with Gasteiger partial charge in [-0.25, -0.2) is 0 Å². The van der Waals surface area contributed by atoms with Gasteiger partial charge in [0, 0.05) is 29.5 Å². The second-order valence-corrected chi connectivity index (χ2v) is 5.27. The molecular weight excluding hydrogens is 256 g/mol. The molecule has 3 rings (SSSR count). The Balaban J connectivity index is 2.13. The van der Waals surface area contributed by atoms with E-state index < -0.39 is 0 Å². The van der Waals surface area contributed by atoms with E-state index in [1.54, 1.807) is 30.7 Å². The summed E-state index contributed by atoms with van der Waals surface area (Å²) in [6, 6.07) is 5.31. The number of pyridine rings is 1. The van der Waals surface area contributed by atoms with E-state index in [1.165, 1.54) is 11.3 Å². The molecular formula is C12H7ClN2OS. The fourth-order valence-electron chi connectivity index (χ4n) is 1.72. The fourth-order valence-corrected chi connectivity index (χ4v) is 2.72. The number of aromatic nitrogens is 2. The molecule has 1 N–H and O–H groups in total. The van der Waals surface area contributed by atoms with Crippen molar-refractivity contribution in [1.29, 1.82) is 0 Å². The van der Waals surface area contributed by atoms with E-state index in [0.717, 1.165) is 10.9 Å². The number of hydrogen-bond acceptors (Lipinski definition) is 3. The number of nitrogens with zero attached hydrogens (tertiary/aromatic N) is 1. The lowest BCUT2D eigenvalue weighted by Crippen LogP contribution is -1.96. The summed E-state index contributed by atoms with van der Waals surface area (Å²) in [5.41, 5.74) is 1.54. The monoisotopic (exact) mass is 262 g/mol. The highest BCUT2D eigenvalue weighted by molar-refractivity contribution is 7.18. The van der Waals surface area contributed by atoms with Gasteiger partial charge in [-0.15, -0.1) is 11.3 Å². The Hall–Kier alpha value is -1.65. The number of halogens is 1. The van der Waals surface area contributed by atoms with Gasteiger partial charge in [0.25, 0.3) is 0 Å². The summed E-state index contributed by atoms with van der Waals surface area (Å²) in [4.78, 5) is 20.0. The molecule has 3 nitrogen and oxygen atoms in total. The lowest BCUT2D eigenvalue weighted by molar-refractivity contribution is 0.104. The molecule has 0 saturated carbocycles. The van der Waals surface area contributed by atoms with Gasteiger partial charge in [0.1, 0.15) is 0 Å². The molecule has 3 aromatic heterocycles. The van der Waals surface area contributed by atoms with Crippen LogP contribution < -0.4 is 0 Å². The van der Waals surface area contributed by atoms with Crippen molar-refractivity contribution in [2.45, 2.75) is 0 Å². The predicted octanol–water partition coefficient (Wildman–Crippen LogP) is 3.51. The maximum atomic E-state index is 12.2. The van der Waals surface area contributed by atoms with Crippen molar-refractivity contribution in [3.8, 4) is 0 Å². The molecule has 0 radical (unpaired) electrons. The molecule has 3 heterocycles. The number of carbonyl (C=O) groups excluding carboxylic acids is 1. The van der Waals surface area contributed by atoms with Gasteiger partial charge in [0.2, 0.25) is 5.78 Å². The third-order valence-electron chi connectivity index (χ3n) is 2.52. The van der Waals surface area contributed by atoms with Crippen LogP contribution in [0, 0.1) is 0 Å². The summed E-state index contributed by atoms with van der Waals surface area (Å²) in [5.74, 6) is -0.0267. The third-order valence-corrected chi connectivity index (χ3v) is 3.75. The van der Waals surface area contributed by atoms with Crippen LogP contribution in [0.2, 0.25) is 4.34 Å². The normalized spacial score (nSPS) is 10.9. The summed E-state index contributed by atoms with van der Waals surface area (Å²) < 4.78 is 0.617. The van der Waals surface area contributed by atoms with E-state index in [0.29, 0.717) is 14.8 Å². The maximum absolute atomic E-state index is 12.2. The van der Waals surface area contributed by atoms with Crippen LogP contribution in [0.5, 0.6) is 0 Å². The first-order valence-corrected chi connectivity index (χ1v) is 6.16. The fraction of sp³-hybridized carbons (Fsp3) is 0. The molecule has 0 unspecified atom stereocenters. The molecule has 5 heteroatoms. The van der Waals surface area contributed by atoms with E-state index in [2.05, 4.69) is 9.97 Å². The van der Waals surface area contributed by atoms with Crippen molar-refractivity contribution in [1.82, 2.24) is 9.97 Å². The van der Waals surface area contributed by atoms with Crippen molar-refractivity contribution >= 4 is 39.6 Å². The highest BCUT2D eigenvalue weighted by atomic mass is 35.5. The molecule has 0 atom stereocenters. The van der Waals surface area contributed by atoms with E-state index >= 15 is 0 Å². The van der Waals surface area contributed by atoms with Gasteiger partial charge in [-0.05, 0) is 18.2 Å². The SMILES string of the molecule is O=C(c1ccc(Cl)s1)c1c[nH]c2ccncc12. The lowest BCUT2D eigenvalue weighted by Gasteiger charge is -1.94. The first-order valence-electron chi connectivity index (χ1n) is 4.97. The van der Waals surface area contributed by atoms with Crippen LogP contribution >= 0.6 is 22.9 Å². The maximum Gasteiger partial charge on any atom is 0.205 e. The molecule has 0 bridgehead atoms. The molecule has 0 aliphatic carbocycles. The zero-order valence-electron chi connectivity index (χ0n) is 8.61. The Morgan fingerprint density at radius 3 is 3.00 bits per heavy atom. The number of thiophene rings is 1. The molecule has 84 valence electrons. The first-order chi connectivity index (χ1) is 8.25. The van der Waals surface area contributed by atoms with Crippen LogP contribution in [0.15, 0.2) is 36.8 Å². The second kappa shape index (κ2) is 3.98. The minimum Gasteiger partial charge on any atom is -0.360 e. The second-order valence-electron chi connectivity index (χ2n) is 3.56. The molecule has 17 heavy (non-hydrogen) atoms. The van der Waals surface area contributed by atoms with E-state index in [1.807, 2.05) is 6.07 Å². The Kier molecular flexibility index (Phi) is 2.46. The molecule has 0 aliphatic heterocycles. The van der Waals surface area contributed by atoms with Crippen LogP contribution in [0.25, 0.3) is 10.9 Å². The summed E-state index contributed by atoms with van der Waals surface area (Å²) in [7, 11) is 0. The zero-order chi connectivity index (χ0) is 11.8. The minimum atomic E-state index is -0.0267. The van der Waals surface area contributed by atoms with E-state index in [4.69, 9.17) is 11.6 Å². The highest BCUT2D eigenvalue weighted by Gasteiger charge is 2.15.